The Bertz CT molecular complexity index is 617. The Morgan fingerprint density at radius 2 is 1.75 bits per heavy atom. The van der Waals surface area contributed by atoms with Gasteiger partial charge in [-0.3, -0.25) is 0 Å². The zero-order valence-electron chi connectivity index (χ0n) is 11.8. The highest BCUT2D eigenvalue weighted by molar-refractivity contribution is 5.41. The van der Waals surface area contributed by atoms with Gasteiger partial charge in [-0.15, -0.1) is 0 Å². The lowest BCUT2D eigenvalue weighted by Crippen LogP contribution is -2.19. The summed E-state index contributed by atoms with van der Waals surface area (Å²) in [4.78, 5) is 0. The first-order valence-electron chi connectivity index (χ1n) is 7.28. The normalized spacial score (nSPS) is 16.8. The summed E-state index contributed by atoms with van der Waals surface area (Å²) >= 11 is 0. The number of rotatable bonds is 3. The Hall–Kier alpha value is -1.67. The smallest absolute Gasteiger partial charge is 0.131 e. The molecule has 1 nitrogen and oxygen atoms in total. The minimum Gasteiger partial charge on any atom is -0.320 e. The SMILES string of the molecule is Cc1cccc(C(N)c2ccccc2C2CCC2)c1F. The van der Waals surface area contributed by atoms with Crippen LogP contribution in [0.3, 0.4) is 0 Å². The lowest BCUT2D eigenvalue weighted by Gasteiger charge is -2.29. The van der Waals surface area contributed by atoms with Crippen molar-refractivity contribution in [2.45, 2.75) is 38.1 Å². The highest BCUT2D eigenvalue weighted by Crippen LogP contribution is 2.40. The first kappa shape index (κ1) is 13.3. The van der Waals surface area contributed by atoms with Crippen LogP contribution in [0.15, 0.2) is 42.5 Å². The van der Waals surface area contributed by atoms with Crippen LogP contribution < -0.4 is 5.73 Å². The molecule has 2 N–H and O–H groups in total. The highest BCUT2D eigenvalue weighted by atomic mass is 19.1. The van der Waals surface area contributed by atoms with E-state index >= 15 is 0 Å². The molecule has 1 aliphatic carbocycles. The van der Waals surface area contributed by atoms with Crippen LogP contribution in [0.1, 0.15) is 53.5 Å². The van der Waals surface area contributed by atoms with Crippen molar-refractivity contribution in [3.05, 3.63) is 70.5 Å². The van der Waals surface area contributed by atoms with Crippen LogP contribution in [-0.2, 0) is 0 Å². The van der Waals surface area contributed by atoms with Crippen molar-refractivity contribution in [2.24, 2.45) is 5.73 Å². The molecule has 1 fully saturated rings. The van der Waals surface area contributed by atoms with Gasteiger partial charge in [0.1, 0.15) is 5.82 Å². The van der Waals surface area contributed by atoms with Crippen LogP contribution in [0.5, 0.6) is 0 Å². The topological polar surface area (TPSA) is 26.0 Å². The van der Waals surface area contributed by atoms with Gasteiger partial charge >= 0.3 is 0 Å². The van der Waals surface area contributed by atoms with Crippen LogP contribution in [0.25, 0.3) is 0 Å². The van der Waals surface area contributed by atoms with E-state index in [1.54, 1.807) is 19.1 Å². The molecule has 0 aliphatic heterocycles. The summed E-state index contributed by atoms with van der Waals surface area (Å²) in [6.45, 7) is 1.78. The largest absolute Gasteiger partial charge is 0.320 e. The van der Waals surface area contributed by atoms with Crippen molar-refractivity contribution < 1.29 is 4.39 Å². The minimum atomic E-state index is -0.383. The Kier molecular flexibility index (Phi) is 3.58. The Labute approximate surface area is 119 Å². The van der Waals surface area contributed by atoms with E-state index in [2.05, 4.69) is 12.1 Å². The molecule has 2 heteroatoms. The second-order valence-electron chi connectivity index (χ2n) is 5.71. The number of halogens is 1. The molecule has 0 bridgehead atoms. The molecule has 20 heavy (non-hydrogen) atoms. The maximum absolute atomic E-state index is 14.3. The van der Waals surface area contributed by atoms with Gasteiger partial charge in [0.2, 0.25) is 0 Å². The van der Waals surface area contributed by atoms with Crippen LogP contribution in [0, 0.1) is 12.7 Å². The van der Waals surface area contributed by atoms with Crippen LogP contribution in [0.2, 0.25) is 0 Å². The van der Waals surface area contributed by atoms with Gasteiger partial charge in [0, 0.05) is 5.56 Å². The Morgan fingerprint density at radius 3 is 2.45 bits per heavy atom. The summed E-state index contributed by atoms with van der Waals surface area (Å²) in [6, 6.07) is 13.3. The van der Waals surface area contributed by atoms with Crippen molar-refractivity contribution >= 4 is 0 Å². The average molecular weight is 269 g/mol. The number of benzene rings is 2. The third kappa shape index (κ3) is 2.25. The van der Waals surface area contributed by atoms with Crippen molar-refractivity contribution in [2.75, 3.05) is 0 Å². The second kappa shape index (κ2) is 5.37. The molecule has 0 radical (unpaired) electrons. The summed E-state index contributed by atoms with van der Waals surface area (Å²) in [5.74, 6) is 0.425. The molecule has 1 saturated carbocycles. The van der Waals surface area contributed by atoms with Gasteiger partial charge in [-0.05, 0) is 42.4 Å². The number of nitrogens with two attached hydrogens (primary N) is 1. The van der Waals surface area contributed by atoms with Gasteiger partial charge in [0.25, 0.3) is 0 Å². The van der Waals surface area contributed by atoms with Gasteiger partial charge in [-0.1, -0.05) is 48.9 Å². The molecule has 0 amide bonds. The second-order valence-corrected chi connectivity index (χ2v) is 5.71. The molecule has 1 aliphatic rings. The molecular weight excluding hydrogens is 249 g/mol. The zero-order chi connectivity index (χ0) is 14.1. The van der Waals surface area contributed by atoms with Crippen molar-refractivity contribution in [1.29, 1.82) is 0 Å². The van der Waals surface area contributed by atoms with E-state index < -0.39 is 0 Å². The molecule has 0 heterocycles. The van der Waals surface area contributed by atoms with Gasteiger partial charge in [-0.2, -0.15) is 0 Å². The fraction of sp³-hybridized carbons (Fsp3) is 0.333. The fourth-order valence-electron chi connectivity index (χ4n) is 2.96. The lowest BCUT2D eigenvalue weighted by atomic mass is 9.76. The predicted molar refractivity (Wildman–Crippen MR) is 80.2 cm³/mol. The Balaban J connectivity index is 2.02. The standard InChI is InChI=1S/C18H20FN/c1-12-6-4-11-16(17(12)19)18(20)15-10-3-2-9-14(15)13-7-5-8-13/h2-4,6,9-11,13,18H,5,7-8,20H2,1H3. The van der Waals surface area contributed by atoms with E-state index in [1.165, 1.54) is 24.8 Å². The summed E-state index contributed by atoms with van der Waals surface area (Å²) in [7, 11) is 0. The highest BCUT2D eigenvalue weighted by Gasteiger charge is 2.25. The molecule has 0 spiro atoms. The summed E-state index contributed by atoms with van der Waals surface area (Å²) < 4.78 is 14.3. The predicted octanol–water partition coefficient (Wildman–Crippen LogP) is 4.45. The number of aryl methyl sites for hydroxylation is 1. The molecule has 2 aromatic carbocycles. The lowest BCUT2D eigenvalue weighted by molar-refractivity contribution is 0.416. The van der Waals surface area contributed by atoms with Gasteiger partial charge < -0.3 is 5.73 Å². The monoisotopic (exact) mass is 269 g/mol. The zero-order valence-corrected chi connectivity index (χ0v) is 11.8. The third-order valence-electron chi connectivity index (χ3n) is 4.43. The maximum atomic E-state index is 14.3. The van der Waals surface area contributed by atoms with Crippen molar-refractivity contribution in [3.63, 3.8) is 0 Å². The molecule has 1 unspecified atom stereocenters. The van der Waals surface area contributed by atoms with E-state index in [1.807, 2.05) is 18.2 Å². The summed E-state index contributed by atoms with van der Waals surface area (Å²) in [5, 5.41) is 0. The molecule has 0 aromatic heterocycles. The van der Waals surface area contributed by atoms with Crippen molar-refractivity contribution in [3.8, 4) is 0 Å². The summed E-state index contributed by atoms with van der Waals surface area (Å²) in [6.07, 6.45) is 3.73. The van der Waals surface area contributed by atoms with Gasteiger partial charge in [-0.25, -0.2) is 4.39 Å². The van der Waals surface area contributed by atoms with Crippen molar-refractivity contribution in [1.82, 2.24) is 0 Å². The molecule has 2 aromatic rings. The fourth-order valence-corrected chi connectivity index (χ4v) is 2.96. The van der Waals surface area contributed by atoms with E-state index in [0.717, 1.165) is 5.56 Å². The third-order valence-corrected chi connectivity index (χ3v) is 4.43. The van der Waals surface area contributed by atoms with Gasteiger partial charge in [0.05, 0.1) is 6.04 Å². The van der Waals surface area contributed by atoms with E-state index in [9.17, 15) is 4.39 Å². The van der Waals surface area contributed by atoms with Gasteiger partial charge in [0.15, 0.2) is 0 Å². The Morgan fingerprint density at radius 1 is 1.05 bits per heavy atom. The molecule has 1 atom stereocenters. The molecule has 3 rings (SSSR count). The molecule has 104 valence electrons. The minimum absolute atomic E-state index is 0.177. The molecule has 0 saturated heterocycles. The quantitative estimate of drug-likeness (QED) is 0.875. The number of hydrogen-bond donors (Lipinski definition) is 1. The van der Waals surface area contributed by atoms with E-state index in [4.69, 9.17) is 5.73 Å². The average Bonchev–Trinajstić information content (AvgIpc) is 2.40. The summed E-state index contributed by atoms with van der Waals surface area (Å²) in [5.41, 5.74) is 9.98. The first-order valence-corrected chi connectivity index (χ1v) is 7.28. The number of hydrogen-bond acceptors (Lipinski definition) is 1. The van der Waals surface area contributed by atoms with Crippen LogP contribution in [-0.4, -0.2) is 0 Å². The van der Waals surface area contributed by atoms with E-state index in [0.29, 0.717) is 17.0 Å². The maximum Gasteiger partial charge on any atom is 0.131 e. The molecular formula is C18H20FN. The van der Waals surface area contributed by atoms with E-state index in [-0.39, 0.29) is 11.9 Å². The van der Waals surface area contributed by atoms with Crippen LogP contribution >= 0.6 is 0 Å². The van der Waals surface area contributed by atoms with Crippen LogP contribution in [0.4, 0.5) is 4.39 Å². The first-order chi connectivity index (χ1) is 9.68.